The number of furan rings is 1. The van der Waals surface area contributed by atoms with Crippen molar-refractivity contribution in [3.05, 3.63) is 35.3 Å². The molecule has 2 rings (SSSR count). The van der Waals surface area contributed by atoms with E-state index in [2.05, 4.69) is 0 Å². The van der Waals surface area contributed by atoms with E-state index >= 15 is 0 Å². The van der Waals surface area contributed by atoms with E-state index in [0.717, 1.165) is 17.4 Å². The van der Waals surface area contributed by atoms with Gasteiger partial charge < -0.3 is 10.2 Å². The third-order valence-corrected chi connectivity index (χ3v) is 2.37. The maximum Gasteiger partial charge on any atom is 0.170 e. The number of nitrogens with two attached hydrogens (primary N) is 1. The lowest BCUT2D eigenvalue weighted by atomic mass is 10.1. The Hall–Kier alpha value is -1.35. The summed E-state index contributed by atoms with van der Waals surface area (Å²) >= 11 is 0. The van der Waals surface area contributed by atoms with Gasteiger partial charge >= 0.3 is 0 Å². The number of fused-ring (bicyclic) bond motifs is 1. The second kappa shape index (κ2) is 3.42. The average Bonchev–Trinajstić information content (AvgIpc) is 2.57. The molecule has 0 unspecified atom stereocenters. The molecule has 2 aromatic rings. The summed E-state index contributed by atoms with van der Waals surface area (Å²) in [6.45, 7) is 2.27. The van der Waals surface area contributed by atoms with Gasteiger partial charge in [0.1, 0.15) is 0 Å². The fourth-order valence-electron chi connectivity index (χ4n) is 1.57. The first-order valence-electron chi connectivity index (χ1n) is 4.59. The van der Waals surface area contributed by atoms with Gasteiger partial charge in [0, 0.05) is 5.39 Å². The SMILES string of the molecule is Cc1ccc2c(CCN)coc2c1F. The normalized spacial score (nSPS) is 11.1. The molecule has 0 bridgehead atoms. The Bertz CT molecular complexity index is 462. The molecule has 0 radical (unpaired) electrons. The van der Waals surface area contributed by atoms with Gasteiger partial charge in [-0.2, -0.15) is 0 Å². The van der Waals surface area contributed by atoms with Gasteiger partial charge in [0.2, 0.25) is 0 Å². The van der Waals surface area contributed by atoms with Gasteiger partial charge in [0.05, 0.1) is 6.26 Å². The van der Waals surface area contributed by atoms with Crippen molar-refractivity contribution < 1.29 is 8.81 Å². The molecule has 0 spiro atoms. The molecule has 0 saturated carbocycles. The zero-order valence-electron chi connectivity index (χ0n) is 8.01. The minimum atomic E-state index is -0.272. The molecule has 3 heteroatoms. The van der Waals surface area contributed by atoms with Gasteiger partial charge in [-0.3, -0.25) is 0 Å². The Morgan fingerprint density at radius 2 is 2.21 bits per heavy atom. The van der Waals surface area contributed by atoms with Crippen LogP contribution in [-0.4, -0.2) is 6.54 Å². The summed E-state index contributed by atoms with van der Waals surface area (Å²) in [6, 6.07) is 3.63. The van der Waals surface area contributed by atoms with Gasteiger partial charge in [-0.15, -0.1) is 0 Å². The molecule has 14 heavy (non-hydrogen) atoms. The van der Waals surface area contributed by atoms with E-state index in [-0.39, 0.29) is 5.82 Å². The molecule has 1 aromatic carbocycles. The topological polar surface area (TPSA) is 39.2 Å². The van der Waals surface area contributed by atoms with E-state index < -0.39 is 0 Å². The summed E-state index contributed by atoms with van der Waals surface area (Å²) < 4.78 is 18.7. The lowest BCUT2D eigenvalue weighted by Gasteiger charge is -1.97. The Kier molecular flexibility index (Phi) is 2.25. The molecular formula is C11H12FNO. The van der Waals surface area contributed by atoms with Crippen molar-refractivity contribution in [3.63, 3.8) is 0 Å². The van der Waals surface area contributed by atoms with Gasteiger partial charge in [-0.05, 0) is 31.0 Å². The lowest BCUT2D eigenvalue weighted by molar-refractivity contribution is 0.554. The smallest absolute Gasteiger partial charge is 0.170 e. The van der Waals surface area contributed by atoms with Crippen LogP contribution in [0, 0.1) is 12.7 Å². The summed E-state index contributed by atoms with van der Waals surface area (Å²) in [7, 11) is 0. The van der Waals surface area contributed by atoms with Crippen molar-refractivity contribution in [1.82, 2.24) is 0 Å². The molecule has 2 N–H and O–H groups in total. The van der Waals surface area contributed by atoms with Crippen LogP contribution in [0.2, 0.25) is 0 Å². The zero-order chi connectivity index (χ0) is 10.1. The molecule has 0 aliphatic rings. The second-order valence-electron chi connectivity index (χ2n) is 3.37. The quantitative estimate of drug-likeness (QED) is 0.795. The number of hydrogen-bond donors (Lipinski definition) is 1. The fraction of sp³-hybridized carbons (Fsp3) is 0.273. The molecule has 0 amide bonds. The maximum atomic E-state index is 13.5. The van der Waals surface area contributed by atoms with E-state index in [4.69, 9.17) is 10.2 Å². The highest BCUT2D eigenvalue weighted by molar-refractivity contribution is 5.82. The molecule has 1 aromatic heterocycles. The van der Waals surface area contributed by atoms with E-state index in [9.17, 15) is 4.39 Å². The van der Waals surface area contributed by atoms with Crippen molar-refractivity contribution in [2.75, 3.05) is 6.54 Å². The first-order valence-corrected chi connectivity index (χ1v) is 4.59. The third-order valence-electron chi connectivity index (χ3n) is 2.37. The predicted octanol–water partition coefficient (Wildman–Crippen LogP) is 2.38. The number of rotatable bonds is 2. The van der Waals surface area contributed by atoms with E-state index in [1.807, 2.05) is 6.07 Å². The molecule has 1 heterocycles. The molecule has 0 aliphatic heterocycles. The largest absolute Gasteiger partial charge is 0.461 e. The van der Waals surface area contributed by atoms with Crippen molar-refractivity contribution >= 4 is 11.0 Å². The molecule has 0 aliphatic carbocycles. The molecule has 0 saturated heterocycles. The molecule has 0 fully saturated rings. The van der Waals surface area contributed by atoms with E-state index in [1.165, 1.54) is 0 Å². The van der Waals surface area contributed by atoms with Crippen LogP contribution in [0.25, 0.3) is 11.0 Å². The Morgan fingerprint density at radius 1 is 1.43 bits per heavy atom. The van der Waals surface area contributed by atoms with Crippen LogP contribution in [0.3, 0.4) is 0 Å². The number of aryl methyl sites for hydroxylation is 1. The highest BCUT2D eigenvalue weighted by atomic mass is 19.1. The summed E-state index contributed by atoms with van der Waals surface area (Å²) in [5.41, 5.74) is 7.36. The molecule has 74 valence electrons. The summed E-state index contributed by atoms with van der Waals surface area (Å²) in [5, 5.41) is 0.832. The van der Waals surface area contributed by atoms with Crippen LogP contribution in [0.4, 0.5) is 4.39 Å². The number of halogens is 1. The van der Waals surface area contributed by atoms with Gasteiger partial charge in [-0.1, -0.05) is 12.1 Å². The second-order valence-corrected chi connectivity index (χ2v) is 3.37. The first-order chi connectivity index (χ1) is 6.74. The Morgan fingerprint density at radius 3 is 2.93 bits per heavy atom. The monoisotopic (exact) mass is 193 g/mol. The van der Waals surface area contributed by atoms with Gasteiger partial charge in [0.15, 0.2) is 11.4 Å². The van der Waals surface area contributed by atoms with E-state index in [0.29, 0.717) is 17.7 Å². The first kappa shape index (κ1) is 9.21. The fourth-order valence-corrected chi connectivity index (χ4v) is 1.57. The predicted molar refractivity (Wildman–Crippen MR) is 53.7 cm³/mol. The highest BCUT2D eigenvalue weighted by Crippen LogP contribution is 2.25. The van der Waals surface area contributed by atoms with Crippen LogP contribution >= 0.6 is 0 Å². The summed E-state index contributed by atoms with van der Waals surface area (Å²) in [6.07, 6.45) is 2.30. The number of benzene rings is 1. The minimum absolute atomic E-state index is 0.272. The molecule has 2 nitrogen and oxygen atoms in total. The van der Waals surface area contributed by atoms with Gasteiger partial charge in [-0.25, -0.2) is 4.39 Å². The van der Waals surface area contributed by atoms with Crippen LogP contribution < -0.4 is 5.73 Å². The maximum absolute atomic E-state index is 13.5. The standard InChI is InChI=1S/C11H12FNO/c1-7-2-3-9-8(4-5-13)6-14-11(9)10(7)12/h2-3,6H,4-5,13H2,1H3. The van der Waals surface area contributed by atoms with Crippen molar-refractivity contribution in [3.8, 4) is 0 Å². The summed E-state index contributed by atoms with van der Waals surface area (Å²) in [4.78, 5) is 0. The van der Waals surface area contributed by atoms with Crippen LogP contribution in [-0.2, 0) is 6.42 Å². The molecule has 0 atom stereocenters. The van der Waals surface area contributed by atoms with Gasteiger partial charge in [0.25, 0.3) is 0 Å². The van der Waals surface area contributed by atoms with Crippen molar-refractivity contribution in [2.45, 2.75) is 13.3 Å². The minimum Gasteiger partial charge on any atom is -0.461 e. The van der Waals surface area contributed by atoms with E-state index in [1.54, 1.807) is 19.3 Å². The van der Waals surface area contributed by atoms with Crippen LogP contribution in [0.5, 0.6) is 0 Å². The average molecular weight is 193 g/mol. The van der Waals surface area contributed by atoms with Crippen molar-refractivity contribution in [2.24, 2.45) is 5.73 Å². The molecular weight excluding hydrogens is 181 g/mol. The number of hydrogen-bond acceptors (Lipinski definition) is 2. The Labute approximate surface area is 81.5 Å². The lowest BCUT2D eigenvalue weighted by Crippen LogP contribution is -2.01. The summed E-state index contributed by atoms with van der Waals surface area (Å²) in [5.74, 6) is -0.272. The zero-order valence-corrected chi connectivity index (χ0v) is 8.01. The Balaban J connectivity index is 2.64. The van der Waals surface area contributed by atoms with Crippen molar-refractivity contribution in [1.29, 1.82) is 0 Å². The van der Waals surface area contributed by atoms with Crippen LogP contribution in [0.15, 0.2) is 22.8 Å². The third kappa shape index (κ3) is 1.30. The van der Waals surface area contributed by atoms with Crippen LogP contribution in [0.1, 0.15) is 11.1 Å². The highest BCUT2D eigenvalue weighted by Gasteiger charge is 2.10.